The van der Waals surface area contributed by atoms with Crippen molar-refractivity contribution in [3.63, 3.8) is 0 Å². The summed E-state index contributed by atoms with van der Waals surface area (Å²) in [7, 11) is 0. The molecule has 1 fully saturated rings. The van der Waals surface area contributed by atoms with E-state index in [1.165, 1.54) is 24.3 Å². The Morgan fingerprint density at radius 2 is 1.85 bits per heavy atom. The van der Waals surface area contributed by atoms with Crippen LogP contribution in [0.15, 0.2) is 29.3 Å². The molecule has 1 aliphatic rings. The lowest BCUT2D eigenvalue weighted by atomic mass is 10.2. The van der Waals surface area contributed by atoms with E-state index in [0.717, 1.165) is 70.4 Å². The molecular weight excluding hydrogens is 361 g/mol. The molecule has 5 nitrogen and oxygen atoms in total. The van der Waals surface area contributed by atoms with Crippen LogP contribution in [0, 0.1) is 5.82 Å². The van der Waals surface area contributed by atoms with Crippen molar-refractivity contribution in [1.29, 1.82) is 0 Å². The lowest BCUT2D eigenvalue weighted by Crippen LogP contribution is -2.49. The molecule has 1 saturated heterocycles. The van der Waals surface area contributed by atoms with E-state index >= 15 is 0 Å². The van der Waals surface area contributed by atoms with Gasteiger partial charge >= 0.3 is 0 Å². The number of hydrogen-bond donors (Lipinski definition) is 2. The van der Waals surface area contributed by atoms with Gasteiger partial charge in [-0.2, -0.15) is 11.8 Å². The molecule has 7 heteroatoms. The van der Waals surface area contributed by atoms with Gasteiger partial charge in [0.25, 0.3) is 0 Å². The number of halogens is 1. The molecule has 0 amide bonds. The van der Waals surface area contributed by atoms with Crippen molar-refractivity contribution in [3.8, 4) is 0 Å². The van der Waals surface area contributed by atoms with Crippen molar-refractivity contribution in [2.45, 2.75) is 19.8 Å². The van der Waals surface area contributed by atoms with Gasteiger partial charge in [-0.05, 0) is 56.0 Å². The van der Waals surface area contributed by atoms with Gasteiger partial charge in [0, 0.05) is 58.0 Å². The van der Waals surface area contributed by atoms with Crippen molar-refractivity contribution in [2.24, 2.45) is 4.99 Å². The second kappa shape index (κ2) is 12.8. The number of unbranched alkanes of at least 4 members (excludes halogenated alkanes) is 1. The van der Waals surface area contributed by atoms with Crippen molar-refractivity contribution >= 4 is 23.4 Å². The van der Waals surface area contributed by atoms with Gasteiger partial charge in [0.1, 0.15) is 5.82 Å². The van der Waals surface area contributed by atoms with Gasteiger partial charge in [-0.1, -0.05) is 0 Å². The third-order valence-corrected chi connectivity index (χ3v) is 5.35. The Morgan fingerprint density at radius 1 is 1.11 bits per heavy atom. The highest BCUT2D eigenvalue weighted by Crippen LogP contribution is 2.16. The maximum absolute atomic E-state index is 13.1. The molecule has 2 rings (SSSR count). The number of thioether (sulfide) groups is 1. The van der Waals surface area contributed by atoms with Crippen LogP contribution in [0.25, 0.3) is 0 Å². The maximum Gasteiger partial charge on any atom is 0.191 e. The van der Waals surface area contributed by atoms with Crippen LogP contribution < -0.4 is 15.5 Å². The van der Waals surface area contributed by atoms with E-state index in [4.69, 9.17) is 0 Å². The second-order valence-corrected chi connectivity index (χ2v) is 7.68. The maximum atomic E-state index is 13.1. The molecule has 1 heterocycles. The van der Waals surface area contributed by atoms with Crippen LogP contribution in [0.3, 0.4) is 0 Å². The number of anilines is 1. The van der Waals surface area contributed by atoms with Crippen LogP contribution in [0.5, 0.6) is 0 Å². The second-order valence-electron chi connectivity index (χ2n) is 6.69. The number of nitrogens with one attached hydrogen (secondary N) is 2. The van der Waals surface area contributed by atoms with E-state index in [9.17, 15) is 4.39 Å². The summed E-state index contributed by atoms with van der Waals surface area (Å²) in [6.07, 6.45) is 4.51. The third-order valence-electron chi connectivity index (χ3n) is 4.66. The Bertz CT molecular complexity index is 544. The van der Waals surface area contributed by atoms with Crippen LogP contribution in [0.2, 0.25) is 0 Å². The van der Waals surface area contributed by atoms with E-state index in [1.54, 1.807) is 0 Å². The summed E-state index contributed by atoms with van der Waals surface area (Å²) in [5.41, 5.74) is 1.11. The molecule has 0 aromatic heterocycles. The quantitative estimate of drug-likeness (QED) is 0.362. The van der Waals surface area contributed by atoms with Gasteiger partial charge in [0.05, 0.1) is 0 Å². The zero-order valence-corrected chi connectivity index (χ0v) is 17.5. The van der Waals surface area contributed by atoms with Crippen LogP contribution in [0.1, 0.15) is 19.8 Å². The number of guanidine groups is 1. The third kappa shape index (κ3) is 8.39. The number of hydrogen-bond acceptors (Lipinski definition) is 4. The first-order valence-corrected chi connectivity index (χ1v) is 11.4. The highest BCUT2D eigenvalue weighted by molar-refractivity contribution is 7.98. The molecule has 0 atom stereocenters. The summed E-state index contributed by atoms with van der Waals surface area (Å²) >= 11 is 1.89. The standard InChI is InChI=1S/C20H34FN5S/c1-3-22-20(23-10-4-5-17-27-2)24-11-12-25-13-15-26(16-14-25)19-8-6-18(21)7-9-19/h6-9H,3-5,10-17H2,1-2H3,(H2,22,23,24). The fraction of sp³-hybridized carbons (Fsp3) is 0.650. The topological polar surface area (TPSA) is 42.9 Å². The van der Waals surface area contributed by atoms with Crippen molar-refractivity contribution < 1.29 is 4.39 Å². The van der Waals surface area contributed by atoms with Crippen LogP contribution >= 0.6 is 11.8 Å². The summed E-state index contributed by atoms with van der Waals surface area (Å²) in [4.78, 5) is 9.44. The molecular formula is C20H34FN5S. The highest BCUT2D eigenvalue weighted by atomic mass is 32.2. The Hall–Kier alpha value is -1.47. The van der Waals surface area contributed by atoms with Gasteiger partial charge in [-0.25, -0.2) is 4.39 Å². The smallest absolute Gasteiger partial charge is 0.191 e. The summed E-state index contributed by atoms with van der Waals surface area (Å²) in [6, 6.07) is 6.80. The largest absolute Gasteiger partial charge is 0.369 e. The number of benzene rings is 1. The van der Waals surface area contributed by atoms with Gasteiger partial charge in [0.2, 0.25) is 0 Å². The van der Waals surface area contributed by atoms with Gasteiger partial charge in [-0.15, -0.1) is 0 Å². The minimum Gasteiger partial charge on any atom is -0.369 e. The van der Waals surface area contributed by atoms with Crippen molar-refractivity contribution in [2.75, 3.05) is 69.3 Å². The Morgan fingerprint density at radius 3 is 2.52 bits per heavy atom. The van der Waals surface area contributed by atoms with Crippen LogP contribution in [-0.2, 0) is 0 Å². The fourth-order valence-corrected chi connectivity index (χ4v) is 3.60. The molecule has 0 bridgehead atoms. The monoisotopic (exact) mass is 395 g/mol. The lowest BCUT2D eigenvalue weighted by molar-refractivity contribution is 0.261. The number of aliphatic imine (C=N–C) groups is 1. The first-order chi connectivity index (χ1) is 13.2. The molecule has 0 unspecified atom stereocenters. The summed E-state index contributed by atoms with van der Waals surface area (Å²) in [6.45, 7) is 9.79. The van der Waals surface area contributed by atoms with E-state index in [-0.39, 0.29) is 5.82 Å². The normalized spacial score (nSPS) is 15.8. The zero-order chi connectivity index (χ0) is 19.3. The van der Waals surface area contributed by atoms with E-state index in [0.29, 0.717) is 0 Å². The molecule has 0 aliphatic carbocycles. The zero-order valence-electron chi connectivity index (χ0n) is 16.7. The highest BCUT2D eigenvalue weighted by Gasteiger charge is 2.16. The van der Waals surface area contributed by atoms with Gasteiger partial charge in [0.15, 0.2) is 5.96 Å². The molecule has 0 spiro atoms. The molecule has 1 aliphatic heterocycles. The molecule has 0 radical (unpaired) electrons. The van der Waals surface area contributed by atoms with E-state index in [1.807, 2.05) is 23.9 Å². The van der Waals surface area contributed by atoms with Crippen LogP contribution in [0.4, 0.5) is 10.1 Å². The minimum absolute atomic E-state index is 0.175. The summed E-state index contributed by atoms with van der Waals surface area (Å²) < 4.78 is 13.1. The molecule has 2 N–H and O–H groups in total. The van der Waals surface area contributed by atoms with Crippen molar-refractivity contribution in [1.82, 2.24) is 15.5 Å². The number of nitrogens with zero attached hydrogens (tertiary/aromatic N) is 3. The SMILES string of the molecule is CCNC(=NCCCCSC)NCCN1CCN(c2ccc(F)cc2)CC1. The van der Waals surface area contributed by atoms with Gasteiger partial charge < -0.3 is 15.5 Å². The molecule has 1 aromatic rings. The summed E-state index contributed by atoms with van der Waals surface area (Å²) in [5.74, 6) is 1.96. The predicted octanol–water partition coefficient (Wildman–Crippen LogP) is 2.65. The average Bonchev–Trinajstić information content (AvgIpc) is 2.69. The molecule has 0 saturated carbocycles. The summed E-state index contributed by atoms with van der Waals surface area (Å²) in [5, 5.41) is 6.77. The molecule has 27 heavy (non-hydrogen) atoms. The first-order valence-electron chi connectivity index (χ1n) is 9.97. The van der Waals surface area contributed by atoms with Gasteiger partial charge in [-0.3, -0.25) is 9.89 Å². The van der Waals surface area contributed by atoms with E-state index in [2.05, 4.69) is 38.6 Å². The van der Waals surface area contributed by atoms with Crippen LogP contribution in [-0.4, -0.2) is 75.2 Å². The Labute approximate surface area is 167 Å². The molecule has 1 aromatic carbocycles. The van der Waals surface area contributed by atoms with E-state index < -0.39 is 0 Å². The number of piperazine rings is 1. The molecule has 152 valence electrons. The lowest BCUT2D eigenvalue weighted by Gasteiger charge is -2.36. The number of rotatable bonds is 10. The average molecular weight is 396 g/mol. The fourth-order valence-electron chi connectivity index (χ4n) is 3.10. The Kier molecular flexibility index (Phi) is 10.4. The van der Waals surface area contributed by atoms with Crippen molar-refractivity contribution in [3.05, 3.63) is 30.1 Å². The minimum atomic E-state index is -0.175. The predicted molar refractivity (Wildman–Crippen MR) is 117 cm³/mol. The first kappa shape index (κ1) is 21.8. The Balaban J connectivity index is 1.65.